The molecule has 0 radical (unpaired) electrons. The second kappa shape index (κ2) is 10.9. The predicted molar refractivity (Wildman–Crippen MR) is 134 cm³/mol. The van der Waals surface area contributed by atoms with Crippen molar-refractivity contribution < 1.29 is 14.3 Å². The standard InChI is InChI=1S/C26H26N4O3S/c1-18(25(31)27-23-12-8-7-11-22(23)19-9-5-4-6-10-19)34-26-29-28-24(30(26)2)17-33-21-15-13-20(32-3)14-16-21/h4-16,18H,17H2,1-3H3,(H,27,31). The third-order valence-corrected chi connectivity index (χ3v) is 6.41. The summed E-state index contributed by atoms with van der Waals surface area (Å²) >= 11 is 1.35. The largest absolute Gasteiger partial charge is 0.497 e. The van der Waals surface area contributed by atoms with E-state index in [4.69, 9.17) is 9.47 Å². The Morgan fingerprint density at radius 3 is 2.38 bits per heavy atom. The normalized spacial score (nSPS) is 11.6. The number of nitrogens with zero attached hydrogens (tertiary/aromatic N) is 3. The van der Waals surface area contributed by atoms with Crippen molar-refractivity contribution in [2.45, 2.75) is 23.9 Å². The number of carbonyl (C=O) groups is 1. The molecule has 0 aliphatic rings. The number of anilines is 1. The summed E-state index contributed by atoms with van der Waals surface area (Å²) in [5.41, 5.74) is 2.80. The maximum absolute atomic E-state index is 13.0. The summed E-state index contributed by atoms with van der Waals surface area (Å²) in [7, 11) is 3.49. The van der Waals surface area contributed by atoms with Crippen LogP contribution in [-0.2, 0) is 18.4 Å². The van der Waals surface area contributed by atoms with E-state index >= 15 is 0 Å². The molecule has 7 nitrogen and oxygen atoms in total. The lowest BCUT2D eigenvalue weighted by molar-refractivity contribution is -0.115. The summed E-state index contributed by atoms with van der Waals surface area (Å²) in [6, 6.07) is 25.1. The fourth-order valence-electron chi connectivity index (χ4n) is 3.30. The van der Waals surface area contributed by atoms with Gasteiger partial charge in [-0.2, -0.15) is 0 Å². The number of nitrogens with one attached hydrogen (secondary N) is 1. The van der Waals surface area contributed by atoms with Crippen molar-refractivity contribution in [2.24, 2.45) is 7.05 Å². The lowest BCUT2D eigenvalue weighted by Crippen LogP contribution is -2.23. The minimum atomic E-state index is -0.373. The van der Waals surface area contributed by atoms with Crippen molar-refractivity contribution in [1.29, 1.82) is 0 Å². The fourth-order valence-corrected chi connectivity index (χ4v) is 4.13. The average molecular weight is 475 g/mol. The van der Waals surface area contributed by atoms with E-state index in [1.807, 2.05) is 97.4 Å². The average Bonchev–Trinajstić information content (AvgIpc) is 3.22. The van der Waals surface area contributed by atoms with Gasteiger partial charge in [0.05, 0.1) is 12.4 Å². The van der Waals surface area contributed by atoms with Crippen molar-refractivity contribution in [1.82, 2.24) is 14.8 Å². The van der Waals surface area contributed by atoms with Crippen LogP contribution in [0.1, 0.15) is 12.7 Å². The predicted octanol–water partition coefficient (Wildman–Crippen LogP) is 5.19. The highest BCUT2D eigenvalue weighted by molar-refractivity contribution is 8.00. The first-order valence-electron chi connectivity index (χ1n) is 10.8. The highest BCUT2D eigenvalue weighted by Gasteiger charge is 2.20. The Morgan fingerprint density at radius 2 is 1.65 bits per heavy atom. The molecule has 4 aromatic rings. The van der Waals surface area contributed by atoms with Crippen LogP contribution in [0.15, 0.2) is 84.0 Å². The molecule has 1 N–H and O–H groups in total. The van der Waals surface area contributed by atoms with E-state index in [1.54, 1.807) is 7.11 Å². The van der Waals surface area contributed by atoms with E-state index in [0.29, 0.717) is 16.7 Å². The highest BCUT2D eigenvalue weighted by Crippen LogP contribution is 2.29. The molecule has 34 heavy (non-hydrogen) atoms. The maximum Gasteiger partial charge on any atom is 0.237 e. The minimum Gasteiger partial charge on any atom is -0.497 e. The number of rotatable bonds is 9. The summed E-state index contributed by atoms with van der Waals surface area (Å²) in [6.45, 7) is 2.12. The lowest BCUT2D eigenvalue weighted by Gasteiger charge is -2.15. The Kier molecular flexibility index (Phi) is 7.49. The van der Waals surface area contributed by atoms with Crippen LogP contribution in [0.4, 0.5) is 5.69 Å². The van der Waals surface area contributed by atoms with Crippen LogP contribution in [0.25, 0.3) is 11.1 Å². The van der Waals surface area contributed by atoms with Gasteiger partial charge in [-0.1, -0.05) is 60.3 Å². The SMILES string of the molecule is COc1ccc(OCc2nnc(SC(C)C(=O)Nc3ccccc3-c3ccccc3)n2C)cc1. The Labute approximate surface area is 203 Å². The summed E-state index contributed by atoms with van der Waals surface area (Å²) in [6.07, 6.45) is 0. The Bertz CT molecular complexity index is 1240. The zero-order valence-electron chi connectivity index (χ0n) is 19.3. The minimum absolute atomic E-state index is 0.104. The van der Waals surface area contributed by atoms with E-state index in [-0.39, 0.29) is 17.8 Å². The van der Waals surface area contributed by atoms with Gasteiger partial charge in [0, 0.05) is 18.3 Å². The zero-order valence-corrected chi connectivity index (χ0v) is 20.1. The first kappa shape index (κ1) is 23.4. The molecule has 0 bridgehead atoms. The number of benzene rings is 3. The van der Waals surface area contributed by atoms with Crippen molar-refractivity contribution >= 4 is 23.4 Å². The number of methoxy groups -OCH3 is 1. The third-order valence-electron chi connectivity index (χ3n) is 5.27. The molecular formula is C26H26N4O3S. The molecular weight excluding hydrogens is 448 g/mol. The number of para-hydroxylation sites is 1. The molecule has 0 fully saturated rings. The topological polar surface area (TPSA) is 78.3 Å². The van der Waals surface area contributed by atoms with E-state index in [1.165, 1.54) is 11.8 Å². The van der Waals surface area contributed by atoms with Crippen LogP contribution in [0.5, 0.6) is 11.5 Å². The van der Waals surface area contributed by atoms with Crippen LogP contribution < -0.4 is 14.8 Å². The molecule has 0 aliphatic carbocycles. The van der Waals surface area contributed by atoms with Crippen molar-refractivity contribution in [2.75, 3.05) is 12.4 Å². The van der Waals surface area contributed by atoms with Gasteiger partial charge in [0.2, 0.25) is 5.91 Å². The molecule has 4 rings (SSSR count). The quantitative estimate of drug-likeness (QED) is 0.337. The Morgan fingerprint density at radius 1 is 0.971 bits per heavy atom. The Hall–Kier alpha value is -3.78. The Balaban J connectivity index is 1.38. The summed E-state index contributed by atoms with van der Waals surface area (Å²) in [5, 5.41) is 11.8. The fraction of sp³-hybridized carbons (Fsp3) is 0.192. The molecule has 3 aromatic carbocycles. The lowest BCUT2D eigenvalue weighted by atomic mass is 10.0. The highest BCUT2D eigenvalue weighted by atomic mass is 32.2. The first-order chi connectivity index (χ1) is 16.5. The van der Waals surface area contributed by atoms with Crippen LogP contribution in [0.2, 0.25) is 0 Å². The molecule has 1 atom stereocenters. The molecule has 0 aliphatic heterocycles. The number of aromatic nitrogens is 3. The number of carbonyl (C=O) groups excluding carboxylic acids is 1. The van der Waals surface area contributed by atoms with E-state index < -0.39 is 0 Å². The molecule has 0 saturated carbocycles. The van der Waals surface area contributed by atoms with E-state index in [9.17, 15) is 4.79 Å². The maximum atomic E-state index is 13.0. The number of hydrogen-bond donors (Lipinski definition) is 1. The number of thioether (sulfide) groups is 1. The number of amides is 1. The van der Waals surface area contributed by atoms with Gasteiger partial charge in [-0.25, -0.2) is 0 Å². The van der Waals surface area contributed by atoms with Gasteiger partial charge in [-0.05, 0) is 42.8 Å². The van der Waals surface area contributed by atoms with Gasteiger partial charge in [0.1, 0.15) is 18.1 Å². The summed E-state index contributed by atoms with van der Waals surface area (Å²) < 4.78 is 12.8. The van der Waals surface area contributed by atoms with Gasteiger partial charge < -0.3 is 19.4 Å². The second-order valence-corrected chi connectivity index (χ2v) is 8.89. The van der Waals surface area contributed by atoms with Crippen molar-refractivity contribution in [3.63, 3.8) is 0 Å². The molecule has 1 heterocycles. The van der Waals surface area contributed by atoms with Crippen LogP contribution in [-0.4, -0.2) is 33.0 Å². The molecule has 0 spiro atoms. The van der Waals surface area contributed by atoms with Gasteiger partial charge >= 0.3 is 0 Å². The van der Waals surface area contributed by atoms with Crippen LogP contribution >= 0.6 is 11.8 Å². The van der Waals surface area contributed by atoms with Crippen molar-refractivity contribution in [3.8, 4) is 22.6 Å². The van der Waals surface area contributed by atoms with Gasteiger partial charge in [-0.15, -0.1) is 10.2 Å². The van der Waals surface area contributed by atoms with Crippen LogP contribution in [0, 0.1) is 0 Å². The van der Waals surface area contributed by atoms with E-state index in [2.05, 4.69) is 15.5 Å². The number of hydrogen-bond acceptors (Lipinski definition) is 6. The summed E-state index contributed by atoms with van der Waals surface area (Å²) in [4.78, 5) is 13.0. The first-order valence-corrected chi connectivity index (χ1v) is 11.7. The number of ether oxygens (including phenoxy) is 2. The zero-order chi connectivity index (χ0) is 23.9. The molecule has 8 heteroatoms. The van der Waals surface area contributed by atoms with Crippen molar-refractivity contribution in [3.05, 3.63) is 84.7 Å². The molecule has 174 valence electrons. The second-order valence-electron chi connectivity index (χ2n) is 7.58. The van der Waals surface area contributed by atoms with Gasteiger partial charge in [0.25, 0.3) is 0 Å². The summed E-state index contributed by atoms with van der Waals surface area (Å²) in [5.74, 6) is 2.04. The smallest absolute Gasteiger partial charge is 0.237 e. The molecule has 1 unspecified atom stereocenters. The third kappa shape index (κ3) is 5.58. The van der Waals surface area contributed by atoms with E-state index in [0.717, 1.165) is 22.6 Å². The van der Waals surface area contributed by atoms with Gasteiger partial charge in [0.15, 0.2) is 11.0 Å². The van der Waals surface area contributed by atoms with Gasteiger partial charge in [-0.3, -0.25) is 4.79 Å². The molecule has 1 amide bonds. The molecule has 1 aromatic heterocycles. The molecule has 0 saturated heterocycles. The van der Waals surface area contributed by atoms with Crippen LogP contribution in [0.3, 0.4) is 0 Å². The monoisotopic (exact) mass is 474 g/mol.